The minimum absolute atomic E-state index is 0.0256. The number of unbranched alkanes of at least 4 members (excludes halogenated alkanes) is 2. The van der Waals surface area contributed by atoms with Gasteiger partial charge in [-0.2, -0.15) is 0 Å². The summed E-state index contributed by atoms with van der Waals surface area (Å²) in [7, 11) is 0. The van der Waals surface area contributed by atoms with Crippen molar-refractivity contribution in [1.29, 1.82) is 0 Å². The Labute approximate surface area is 149 Å². The largest absolute Gasteiger partial charge is 0.462 e. The summed E-state index contributed by atoms with van der Waals surface area (Å²) in [6, 6.07) is 5.42. The van der Waals surface area contributed by atoms with Gasteiger partial charge in [-0.1, -0.05) is 19.8 Å². The van der Waals surface area contributed by atoms with E-state index in [-0.39, 0.29) is 11.9 Å². The second-order valence-electron chi connectivity index (χ2n) is 6.06. The number of esters is 1. The lowest BCUT2D eigenvalue weighted by Crippen LogP contribution is -2.37. The maximum absolute atomic E-state index is 12.4. The van der Waals surface area contributed by atoms with Crippen molar-refractivity contribution in [3.05, 3.63) is 23.8 Å². The van der Waals surface area contributed by atoms with Crippen LogP contribution in [0, 0.1) is 0 Å². The van der Waals surface area contributed by atoms with Gasteiger partial charge in [-0.3, -0.25) is 4.79 Å². The molecule has 0 aliphatic carbocycles. The lowest BCUT2D eigenvalue weighted by atomic mass is 10.1. The molecule has 1 fully saturated rings. The number of carbonyl (C=O) groups is 2. The zero-order chi connectivity index (χ0) is 18.1. The summed E-state index contributed by atoms with van der Waals surface area (Å²) in [4.78, 5) is 26.5. The molecular weight excluding hydrogens is 320 g/mol. The van der Waals surface area contributed by atoms with E-state index in [1.807, 2.05) is 12.1 Å². The van der Waals surface area contributed by atoms with Crippen LogP contribution in [0.15, 0.2) is 18.2 Å². The molecule has 1 aliphatic heterocycles. The molecule has 138 valence electrons. The molecule has 1 heterocycles. The highest BCUT2D eigenvalue weighted by molar-refractivity contribution is 5.99. The Kier molecular flexibility index (Phi) is 7.73. The summed E-state index contributed by atoms with van der Waals surface area (Å²) in [5.74, 6) is -0.395. The third-order valence-electron chi connectivity index (χ3n) is 4.13. The molecule has 25 heavy (non-hydrogen) atoms. The Morgan fingerprint density at radius 2 is 1.96 bits per heavy atom. The molecule has 0 unspecified atom stereocenters. The predicted molar refractivity (Wildman–Crippen MR) is 98.2 cm³/mol. The highest BCUT2D eigenvalue weighted by Gasteiger charge is 2.20. The van der Waals surface area contributed by atoms with E-state index in [1.165, 1.54) is 0 Å². The first-order valence-corrected chi connectivity index (χ1v) is 9.09. The number of anilines is 2. The molecule has 0 aromatic heterocycles. The number of carbonyl (C=O) groups excluding carboxylic acids is 2. The van der Waals surface area contributed by atoms with Gasteiger partial charge in [0.15, 0.2) is 0 Å². The summed E-state index contributed by atoms with van der Waals surface area (Å²) in [6.07, 6.45) is 3.48. The van der Waals surface area contributed by atoms with Crippen LogP contribution in [0.4, 0.5) is 11.4 Å². The third-order valence-corrected chi connectivity index (χ3v) is 4.13. The van der Waals surface area contributed by atoms with Gasteiger partial charge >= 0.3 is 5.97 Å². The number of hydrogen-bond acceptors (Lipinski definition) is 5. The molecule has 6 nitrogen and oxygen atoms in total. The topological polar surface area (TPSA) is 67.9 Å². The lowest BCUT2D eigenvalue weighted by molar-refractivity contribution is -0.116. The van der Waals surface area contributed by atoms with E-state index in [0.717, 1.165) is 38.0 Å². The van der Waals surface area contributed by atoms with Crippen LogP contribution in [-0.4, -0.2) is 44.8 Å². The Bertz CT molecular complexity index is 583. The van der Waals surface area contributed by atoms with Crippen LogP contribution in [0.1, 0.15) is 49.9 Å². The zero-order valence-electron chi connectivity index (χ0n) is 15.2. The maximum atomic E-state index is 12.4. The minimum Gasteiger partial charge on any atom is -0.462 e. The molecule has 2 rings (SSSR count). The monoisotopic (exact) mass is 348 g/mol. The number of ether oxygens (including phenoxy) is 2. The van der Waals surface area contributed by atoms with Gasteiger partial charge in [-0.25, -0.2) is 4.79 Å². The van der Waals surface area contributed by atoms with E-state index in [4.69, 9.17) is 9.47 Å². The van der Waals surface area contributed by atoms with Gasteiger partial charge < -0.3 is 19.7 Å². The van der Waals surface area contributed by atoms with Crippen molar-refractivity contribution in [3.8, 4) is 0 Å². The zero-order valence-corrected chi connectivity index (χ0v) is 15.2. The first-order chi connectivity index (χ1) is 12.2. The van der Waals surface area contributed by atoms with Gasteiger partial charge in [0.05, 0.1) is 31.1 Å². The molecule has 1 N–H and O–H groups in total. The second kappa shape index (κ2) is 10.0. The molecule has 0 saturated carbocycles. The number of nitrogens with zero attached hydrogens (tertiary/aromatic N) is 1. The molecule has 6 heteroatoms. The van der Waals surface area contributed by atoms with E-state index < -0.39 is 0 Å². The van der Waals surface area contributed by atoms with Crippen molar-refractivity contribution in [3.63, 3.8) is 0 Å². The molecule has 0 bridgehead atoms. The standard InChI is InChI=1S/C19H28N2O4/c1-3-5-6-7-18(22)20-15-8-9-17(21-10-12-24-13-11-21)16(14-15)19(23)25-4-2/h8-9,14H,3-7,10-13H2,1-2H3,(H,20,22). The number of hydrogen-bond donors (Lipinski definition) is 1. The van der Waals surface area contributed by atoms with Crippen LogP contribution in [0.5, 0.6) is 0 Å². The predicted octanol–water partition coefficient (Wildman–Crippen LogP) is 3.22. The fraction of sp³-hybridized carbons (Fsp3) is 0.579. The van der Waals surface area contributed by atoms with Gasteiger partial charge in [-0.05, 0) is 31.5 Å². The van der Waals surface area contributed by atoms with Crippen LogP contribution < -0.4 is 10.2 Å². The molecule has 1 amide bonds. The van der Waals surface area contributed by atoms with Crippen LogP contribution in [0.25, 0.3) is 0 Å². The Morgan fingerprint density at radius 1 is 1.20 bits per heavy atom. The van der Waals surface area contributed by atoms with E-state index in [9.17, 15) is 9.59 Å². The molecule has 1 aliphatic rings. The Morgan fingerprint density at radius 3 is 2.64 bits per heavy atom. The Hall–Kier alpha value is -2.08. The molecule has 1 saturated heterocycles. The van der Waals surface area contributed by atoms with Crippen LogP contribution >= 0.6 is 0 Å². The first-order valence-electron chi connectivity index (χ1n) is 9.09. The summed E-state index contributed by atoms with van der Waals surface area (Å²) < 4.78 is 10.6. The fourth-order valence-corrected chi connectivity index (χ4v) is 2.83. The molecule has 0 atom stereocenters. The Balaban J connectivity index is 2.15. The SMILES string of the molecule is CCCCCC(=O)Nc1ccc(N2CCOCC2)c(C(=O)OCC)c1. The van der Waals surface area contributed by atoms with Crippen molar-refractivity contribution < 1.29 is 19.1 Å². The van der Waals surface area contributed by atoms with E-state index in [1.54, 1.807) is 13.0 Å². The quantitative estimate of drug-likeness (QED) is 0.577. The fourth-order valence-electron chi connectivity index (χ4n) is 2.83. The highest BCUT2D eigenvalue weighted by Crippen LogP contribution is 2.26. The number of morpholine rings is 1. The lowest BCUT2D eigenvalue weighted by Gasteiger charge is -2.30. The average molecular weight is 348 g/mol. The normalized spacial score (nSPS) is 14.2. The molecular formula is C19H28N2O4. The van der Waals surface area contributed by atoms with Gasteiger partial charge in [-0.15, -0.1) is 0 Å². The molecule has 0 radical (unpaired) electrons. The summed E-state index contributed by atoms with van der Waals surface area (Å²) >= 11 is 0. The first kappa shape index (κ1) is 19.2. The van der Waals surface area contributed by atoms with Crippen molar-refractivity contribution in [2.24, 2.45) is 0 Å². The van der Waals surface area contributed by atoms with Crippen LogP contribution in [0.3, 0.4) is 0 Å². The minimum atomic E-state index is -0.369. The van der Waals surface area contributed by atoms with Crippen LogP contribution in [0.2, 0.25) is 0 Å². The molecule has 1 aromatic carbocycles. The van der Waals surface area contributed by atoms with E-state index in [2.05, 4.69) is 17.1 Å². The number of benzene rings is 1. The van der Waals surface area contributed by atoms with Gasteiger partial charge in [0.2, 0.25) is 5.91 Å². The van der Waals surface area contributed by atoms with Crippen molar-refractivity contribution in [1.82, 2.24) is 0 Å². The highest BCUT2D eigenvalue weighted by atomic mass is 16.5. The molecule has 1 aromatic rings. The average Bonchev–Trinajstić information content (AvgIpc) is 2.63. The van der Waals surface area contributed by atoms with Gasteiger partial charge in [0.25, 0.3) is 0 Å². The molecule has 0 spiro atoms. The van der Waals surface area contributed by atoms with Gasteiger partial charge in [0, 0.05) is 25.2 Å². The number of nitrogens with one attached hydrogen (secondary N) is 1. The van der Waals surface area contributed by atoms with Crippen molar-refractivity contribution in [2.75, 3.05) is 43.1 Å². The van der Waals surface area contributed by atoms with E-state index in [0.29, 0.717) is 37.5 Å². The van der Waals surface area contributed by atoms with E-state index >= 15 is 0 Å². The number of rotatable bonds is 8. The summed E-state index contributed by atoms with van der Waals surface area (Å²) in [5.41, 5.74) is 1.93. The van der Waals surface area contributed by atoms with Crippen LogP contribution in [-0.2, 0) is 14.3 Å². The second-order valence-corrected chi connectivity index (χ2v) is 6.06. The summed E-state index contributed by atoms with van der Waals surface area (Å²) in [6.45, 7) is 6.94. The number of amides is 1. The van der Waals surface area contributed by atoms with Crippen molar-refractivity contribution in [2.45, 2.75) is 39.5 Å². The smallest absolute Gasteiger partial charge is 0.340 e. The maximum Gasteiger partial charge on any atom is 0.340 e. The summed E-state index contributed by atoms with van der Waals surface area (Å²) in [5, 5.41) is 2.88. The third kappa shape index (κ3) is 5.74. The van der Waals surface area contributed by atoms with Gasteiger partial charge in [0.1, 0.15) is 0 Å². The van der Waals surface area contributed by atoms with Crippen molar-refractivity contribution >= 4 is 23.3 Å².